The molecule has 28 heavy (non-hydrogen) atoms. The number of halogens is 1. The van der Waals surface area contributed by atoms with Crippen LogP contribution in [0.5, 0.6) is 0 Å². The van der Waals surface area contributed by atoms with Gasteiger partial charge in [-0.25, -0.2) is 13.4 Å². The Labute approximate surface area is 187 Å². The number of aryl methyl sites for hydroxylation is 1. The van der Waals surface area contributed by atoms with Crippen LogP contribution in [0.25, 0.3) is 0 Å². The SMILES string of the molecule is CCc1ccc(NC(N)=NCc2ccc(S(=O)(=O)N3CCOCC3)s2)cc1.I. The van der Waals surface area contributed by atoms with Gasteiger partial charge in [0, 0.05) is 23.7 Å². The average Bonchev–Trinajstić information content (AvgIpc) is 3.18. The summed E-state index contributed by atoms with van der Waals surface area (Å²) in [5, 5.41) is 3.04. The highest BCUT2D eigenvalue weighted by molar-refractivity contribution is 14.0. The molecule has 0 amide bonds. The highest BCUT2D eigenvalue weighted by Crippen LogP contribution is 2.26. The molecule has 1 aromatic carbocycles. The van der Waals surface area contributed by atoms with Crippen molar-refractivity contribution in [2.24, 2.45) is 10.7 Å². The number of morpholine rings is 1. The lowest BCUT2D eigenvalue weighted by atomic mass is 10.1. The molecule has 1 aliphatic rings. The van der Waals surface area contributed by atoms with E-state index in [4.69, 9.17) is 10.5 Å². The molecule has 7 nitrogen and oxygen atoms in total. The maximum atomic E-state index is 12.6. The van der Waals surface area contributed by atoms with E-state index in [1.54, 1.807) is 12.1 Å². The van der Waals surface area contributed by atoms with E-state index in [-0.39, 0.29) is 24.0 Å². The van der Waals surface area contributed by atoms with Crippen LogP contribution in [0, 0.1) is 0 Å². The Bertz CT molecular complexity index is 892. The molecule has 154 valence electrons. The molecular weight excluding hydrogens is 511 g/mol. The van der Waals surface area contributed by atoms with Crippen LogP contribution in [0.2, 0.25) is 0 Å². The van der Waals surface area contributed by atoms with Crippen LogP contribution in [0.3, 0.4) is 0 Å². The van der Waals surface area contributed by atoms with Crippen molar-refractivity contribution in [3.8, 4) is 0 Å². The maximum Gasteiger partial charge on any atom is 0.252 e. The first-order chi connectivity index (χ1) is 13.0. The molecule has 3 N–H and O–H groups in total. The van der Waals surface area contributed by atoms with Gasteiger partial charge >= 0.3 is 0 Å². The number of nitrogens with one attached hydrogen (secondary N) is 1. The van der Waals surface area contributed by atoms with Gasteiger partial charge in [0.15, 0.2) is 5.96 Å². The van der Waals surface area contributed by atoms with E-state index in [1.165, 1.54) is 21.2 Å². The van der Waals surface area contributed by atoms with Crippen LogP contribution < -0.4 is 11.1 Å². The van der Waals surface area contributed by atoms with Gasteiger partial charge in [0.1, 0.15) is 4.21 Å². The third-order valence-electron chi connectivity index (χ3n) is 4.24. The number of nitrogens with zero attached hydrogens (tertiary/aromatic N) is 2. The lowest BCUT2D eigenvalue weighted by Gasteiger charge is -2.25. The number of anilines is 1. The van der Waals surface area contributed by atoms with Gasteiger partial charge in [-0.3, -0.25) is 0 Å². The van der Waals surface area contributed by atoms with E-state index in [2.05, 4.69) is 17.2 Å². The van der Waals surface area contributed by atoms with Crippen molar-refractivity contribution in [3.05, 3.63) is 46.8 Å². The molecule has 1 saturated heterocycles. The molecule has 2 heterocycles. The first kappa shape index (κ1) is 23.1. The second kappa shape index (κ2) is 10.5. The summed E-state index contributed by atoms with van der Waals surface area (Å²) in [6.45, 7) is 4.08. The Morgan fingerprint density at radius 3 is 2.54 bits per heavy atom. The van der Waals surface area contributed by atoms with Crippen molar-refractivity contribution < 1.29 is 13.2 Å². The number of benzene rings is 1. The van der Waals surface area contributed by atoms with E-state index < -0.39 is 10.0 Å². The zero-order chi connectivity index (χ0) is 19.3. The largest absolute Gasteiger partial charge is 0.379 e. The lowest BCUT2D eigenvalue weighted by molar-refractivity contribution is 0.0731. The van der Waals surface area contributed by atoms with Gasteiger partial charge in [0.2, 0.25) is 0 Å². The molecule has 0 unspecified atom stereocenters. The van der Waals surface area contributed by atoms with Gasteiger partial charge in [0.05, 0.1) is 19.8 Å². The number of hydrogen-bond acceptors (Lipinski definition) is 5. The summed E-state index contributed by atoms with van der Waals surface area (Å²) in [6.07, 6.45) is 0.984. The number of rotatable bonds is 6. The van der Waals surface area contributed by atoms with Crippen LogP contribution in [-0.4, -0.2) is 45.0 Å². The quantitative estimate of drug-likeness (QED) is 0.336. The molecule has 1 aliphatic heterocycles. The molecule has 0 spiro atoms. The molecule has 0 radical (unpaired) electrons. The summed E-state index contributed by atoms with van der Waals surface area (Å²) in [5.41, 5.74) is 8.06. The highest BCUT2D eigenvalue weighted by atomic mass is 127. The monoisotopic (exact) mass is 536 g/mol. The molecule has 1 fully saturated rings. The van der Waals surface area contributed by atoms with Crippen LogP contribution in [0.15, 0.2) is 45.6 Å². The van der Waals surface area contributed by atoms with Crippen molar-refractivity contribution in [2.75, 3.05) is 31.6 Å². The standard InChI is InChI=1S/C18H24N4O3S2.HI/c1-2-14-3-5-15(6-4-14)21-18(19)20-13-16-7-8-17(26-16)27(23,24)22-9-11-25-12-10-22;/h3-8H,2,9-13H2,1H3,(H3,19,20,21);1H. The molecule has 3 rings (SSSR count). The molecular formula is C18H25IN4O3S2. The van der Waals surface area contributed by atoms with Gasteiger partial charge in [0.25, 0.3) is 10.0 Å². The van der Waals surface area contributed by atoms with E-state index in [0.29, 0.717) is 43.0 Å². The summed E-state index contributed by atoms with van der Waals surface area (Å²) in [4.78, 5) is 5.15. The van der Waals surface area contributed by atoms with E-state index in [1.807, 2.05) is 24.3 Å². The Morgan fingerprint density at radius 1 is 1.21 bits per heavy atom. The summed E-state index contributed by atoms with van der Waals surface area (Å²) in [7, 11) is -3.46. The second-order valence-corrected chi connectivity index (χ2v) is 9.45. The fourth-order valence-corrected chi connectivity index (χ4v) is 5.51. The number of aliphatic imine (C=N–C) groups is 1. The molecule has 0 atom stereocenters. The average molecular weight is 536 g/mol. The number of sulfonamides is 1. The van der Waals surface area contributed by atoms with E-state index >= 15 is 0 Å². The number of thiophene rings is 1. The van der Waals surface area contributed by atoms with Crippen molar-refractivity contribution in [1.29, 1.82) is 0 Å². The molecule has 0 aliphatic carbocycles. The lowest BCUT2D eigenvalue weighted by Crippen LogP contribution is -2.40. The minimum Gasteiger partial charge on any atom is -0.379 e. The summed E-state index contributed by atoms with van der Waals surface area (Å²) in [5.74, 6) is 0.297. The van der Waals surface area contributed by atoms with Crippen molar-refractivity contribution in [3.63, 3.8) is 0 Å². The number of ether oxygens (including phenoxy) is 1. The molecule has 1 aromatic heterocycles. The van der Waals surface area contributed by atoms with Gasteiger partial charge in [-0.2, -0.15) is 4.31 Å². The minimum atomic E-state index is -3.46. The zero-order valence-corrected chi connectivity index (χ0v) is 19.6. The molecule has 0 bridgehead atoms. The Kier molecular flexibility index (Phi) is 8.68. The first-order valence-corrected chi connectivity index (χ1v) is 11.1. The third kappa shape index (κ3) is 5.89. The van der Waals surface area contributed by atoms with E-state index in [9.17, 15) is 8.42 Å². The number of hydrogen-bond donors (Lipinski definition) is 2. The Hall–Kier alpha value is -1.21. The van der Waals surface area contributed by atoms with Crippen molar-refractivity contribution in [2.45, 2.75) is 24.1 Å². The summed E-state index contributed by atoms with van der Waals surface area (Å²) in [6, 6.07) is 11.4. The fourth-order valence-electron chi connectivity index (χ4n) is 2.67. The normalized spacial score (nSPS) is 15.8. The molecule has 0 saturated carbocycles. The zero-order valence-electron chi connectivity index (χ0n) is 15.6. The predicted octanol–water partition coefficient (Wildman–Crippen LogP) is 2.88. The minimum absolute atomic E-state index is 0. The predicted molar refractivity (Wildman–Crippen MR) is 124 cm³/mol. The number of guanidine groups is 1. The third-order valence-corrected chi connectivity index (χ3v) is 7.68. The van der Waals surface area contributed by atoms with Crippen molar-refractivity contribution >= 4 is 57.0 Å². The second-order valence-electron chi connectivity index (χ2n) is 6.11. The van der Waals surface area contributed by atoms with Crippen LogP contribution >= 0.6 is 35.3 Å². The summed E-state index contributed by atoms with van der Waals surface area (Å²) >= 11 is 1.23. The maximum absolute atomic E-state index is 12.6. The van der Waals surface area contributed by atoms with Crippen LogP contribution in [-0.2, 0) is 27.7 Å². The van der Waals surface area contributed by atoms with Crippen LogP contribution in [0.1, 0.15) is 17.4 Å². The fraction of sp³-hybridized carbons (Fsp3) is 0.389. The highest BCUT2D eigenvalue weighted by Gasteiger charge is 2.27. The summed E-state index contributed by atoms with van der Waals surface area (Å²) < 4.78 is 32.3. The Morgan fingerprint density at radius 2 is 1.89 bits per heavy atom. The first-order valence-electron chi connectivity index (χ1n) is 8.81. The smallest absolute Gasteiger partial charge is 0.252 e. The Balaban J connectivity index is 0.00000280. The van der Waals surface area contributed by atoms with Crippen LogP contribution in [0.4, 0.5) is 5.69 Å². The van der Waals surface area contributed by atoms with Gasteiger partial charge in [-0.1, -0.05) is 19.1 Å². The van der Waals surface area contributed by atoms with Crippen molar-refractivity contribution in [1.82, 2.24) is 4.31 Å². The van der Waals surface area contributed by atoms with Gasteiger partial charge in [-0.15, -0.1) is 35.3 Å². The van der Waals surface area contributed by atoms with Gasteiger partial charge < -0.3 is 15.8 Å². The van der Waals surface area contributed by atoms with E-state index in [0.717, 1.165) is 17.0 Å². The molecule has 2 aromatic rings. The molecule has 10 heteroatoms. The topological polar surface area (TPSA) is 97.0 Å². The number of nitrogens with two attached hydrogens (primary N) is 1. The van der Waals surface area contributed by atoms with Gasteiger partial charge in [-0.05, 0) is 36.2 Å².